The Bertz CT molecular complexity index is 1000. The molecule has 2 aromatic rings. The summed E-state index contributed by atoms with van der Waals surface area (Å²) < 4.78 is 28.8. The molecule has 6 heteroatoms. The second-order valence-electron chi connectivity index (χ2n) is 7.52. The molecule has 0 fully saturated rings. The number of nitrogens with zero attached hydrogens (tertiary/aromatic N) is 3. The van der Waals surface area contributed by atoms with E-state index >= 15 is 0 Å². The first kappa shape index (κ1) is 17.8. The number of aromatic nitrogens is 1. The number of benzene rings is 1. The summed E-state index contributed by atoms with van der Waals surface area (Å²) in [5.74, 6) is 0. The van der Waals surface area contributed by atoms with Crippen molar-refractivity contribution in [2.75, 3.05) is 27.2 Å². The molecule has 0 N–H and O–H groups in total. The van der Waals surface area contributed by atoms with Crippen molar-refractivity contribution >= 4 is 26.7 Å². The molecule has 0 radical (unpaired) electrons. The maximum atomic E-state index is 13.0. The highest BCUT2D eigenvalue weighted by atomic mass is 32.2. The van der Waals surface area contributed by atoms with Gasteiger partial charge in [-0.25, -0.2) is 3.97 Å². The molecule has 4 rings (SSSR count). The van der Waals surface area contributed by atoms with Crippen LogP contribution >= 0.6 is 0 Å². The average Bonchev–Trinajstić information content (AvgIpc) is 2.90. The largest absolute Gasteiger partial charge is 0.307 e. The van der Waals surface area contributed by atoms with Crippen LogP contribution in [-0.4, -0.2) is 54.8 Å². The molecule has 2 heterocycles. The molecule has 0 bridgehead atoms. The maximum absolute atomic E-state index is 13.0. The van der Waals surface area contributed by atoms with Gasteiger partial charge >= 0.3 is 10.2 Å². The van der Waals surface area contributed by atoms with Gasteiger partial charge in [0.25, 0.3) is 0 Å². The monoisotopic (exact) mass is 373 g/mol. The standard InChI is InChI=1S/C20H27N3O2S/c1-5-11-22-12-7-9-15-16-8-6-10-18-20(16)17(13-19(15)22)14(2)23(18)26(24,25)21(3)4/h6,8-10,19H,5,7,11-13H2,1-4H3/t19-/m1/s1. The minimum absolute atomic E-state index is 0.360. The van der Waals surface area contributed by atoms with Gasteiger partial charge in [0.05, 0.1) is 5.52 Å². The van der Waals surface area contributed by atoms with Crippen LogP contribution < -0.4 is 0 Å². The van der Waals surface area contributed by atoms with Gasteiger partial charge in [0.1, 0.15) is 0 Å². The van der Waals surface area contributed by atoms with Crippen LogP contribution in [0.4, 0.5) is 0 Å². The first-order chi connectivity index (χ1) is 12.4. The first-order valence-corrected chi connectivity index (χ1v) is 10.8. The van der Waals surface area contributed by atoms with E-state index < -0.39 is 10.2 Å². The molecule has 1 aliphatic carbocycles. The molecule has 1 aromatic heterocycles. The summed E-state index contributed by atoms with van der Waals surface area (Å²) in [6.45, 7) is 6.34. The third kappa shape index (κ3) is 2.39. The number of hydrogen-bond acceptors (Lipinski definition) is 3. The highest BCUT2D eigenvalue weighted by Crippen LogP contribution is 2.43. The molecule has 140 valence electrons. The minimum Gasteiger partial charge on any atom is -0.296 e. The fourth-order valence-corrected chi connectivity index (χ4v) is 5.80. The Morgan fingerprint density at radius 1 is 1.27 bits per heavy atom. The highest BCUT2D eigenvalue weighted by molar-refractivity contribution is 7.87. The molecule has 1 atom stereocenters. The lowest BCUT2D eigenvalue weighted by molar-refractivity contribution is 0.229. The molecule has 0 amide bonds. The zero-order chi connectivity index (χ0) is 18.6. The molecular formula is C20H27N3O2S. The van der Waals surface area contributed by atoms with Crippen molar-refractivity contribution in [2.45, 2.75) is 39.2 Å². The van der Waals surface area contributed by atoms with E-state index in [1.807, 2.05) is 19.1 Å². The predicted octanol–water partition coefficient (Wildman–Crippen LogP) is 3.03. The zero-order valence-corrected chi connectivity index (χ0v) is 16.8. The van der Waals surface area contributed by atoms with Gasteiger partial charge in [0.15, 0.2) is 0 Å². The van der Waals surface area contributed by atoms with Gasteiger partial charge in [0.2, 0.25) is 0 Å². The maximum Gasteiger partial charge on any atom is 0.307 e. The van der Waals surface area contributed by atoms with Crippen molar-refractivity contribution in [3.05, 3.63) is 41.1 Å². The molecule has 1 aromatic carbocycles. The van der Waals surface area contributed by atoms with Crippen LogP contribution in [0.1, 0.15) is 36.6 Å². The lowest BCUT2D eigenvalue weighted by atomic mass is 9.81. The quantitative estimate of drug-likeness (QED) is 0.828. The molecule has 0 spiro atoms. The lowest BCUT2D eigenvalue weighted by Crippen LogP contribution is -2.42. The Morgan fingerprint density at radius 2 is 2.04 bits per heavy atom. The minimum atomic E-state index is -3.55. The van der Waals surface area contributed by atoms with E-state index in [9.17, 15) is 8.42 Å². The van der Waals surface area contributed by atoms with E-state index in [1.54, 1.807) is 14.1 Å². The number of hydrogen-bond donors (Lipinski definition) is 0. The van der Waals surface area contributed by atoms with Gasteiger partial charge < -0.3 is 0 Å². The van der Waals surface area contributed by atoms with Gasteiger partial charge in [-0.3, -0.25) is 4.90 Å². The van der Waals surface area contributed by atoms with Gasteiger partial charge in [-0.2, -0.15) is 12.7 Å². The van der Waals surface area contributed by atoms with Crippen molar-refractivity contribution in [2.24, 2.45) is 0 Å². The SMILES string of the molecule is CCCN1CCC=C2c3cccc4c3c(c(C)n4S(=O)(=O)N(C)C)C[C@H]21. The van der Waals surface area contributed by atoms with Crippen LogP contribution in [0, 0.1) is 6.92 Å². The van der Waals surface area contributed by atoms with Crippen LogP contribution in [0.2, 0.25) is 0 Å². The van der Waals surface area contributed by atoms with Crippen molar-refractivity contribution in [1.82, 2.24) is 13.2 Å². The number of rotatable bonds is 4. The van der Waals surface area contributed by atoms with Crippen LogP contribution in [0.5, 0.6) is 0 Å². The van der Waals surface area contributed by atoms with Crippen molar-refractivity contribution in [3.8, 4) is 0 Å². The third-order valence-corrected chi connectivity index (χ3v) is 7.65. The Morgan fingerprint density at radius 3 is 2.73 bits per heavy atom. The van der Waals surface area contributed by atoms with Crippen LogP contribution in [0.3, 0.4) is 0 Å². The van der Waals surface area contributed by atoms with Crippen molar-refractivity contribution < 1.29 is 8.42 Å². The summed E-state index contributed by atoms with van der Waals surface area (Å²) in [4.78, 5) is 2.56. The van der Waals surface area contributed by atoms with E-state index in [0.717, 1.165) is 48.9 Å². The lowest BCUT2D eigenvalue weighted by Gasteiger charge is -2.39. The Labute approximate surface area is 156 Å². The van der Waals surface area contributed by atoms with Gasteiger partial charge in [0, 0.05) is 37.8 Å². The van der Waals surface area contributed by atoms with Crippen LogP contribution in [0.15, 0.2) is 24.3 Å². The number of fused-ring (bicyclic) bond motifs is 2. The Kier molecular flexibility index (Phi) is 4.25. The fraction of sp³-hybridized carbons (Fsp3) is 0.500. The van der Waals surface area contributed by atoms with Gasteiger partial charge in [-0.1, -0.05) is 25.1 Å². The van der Waals surface area contributed by atoms with E-state index in [1.165, 1.54) is 25.0 Å². The second kappa shape index (κ2) is 6.22. The summed E-state index contributed by atoms with van der Waals surface area (Å²) in [6, 6.07) is 6.44. The molecule has 5 nitrogen and oxygen atoms in total. The van der Waals surface area contributed by atoms with Crippen LogP contribution in [-0.2, 0) is 16.6 Å². The molecule has 0 saturated heterocycles. The average molecular weight is 374 g/mol. The molecule has 0 saturated carbocycles. The van der Waals surface area contributed by atoms with E-state index in [-0.39, 0.29) is 0 Å². The third-order valence-electron chi connectivity index (χ3n) is 5.80. The summed E-state index contributed by atoms with van der Waals surface area (Å²) in [5, 5.41) is 1.12. The smallest absolute Gasteiger partial charge is 0.296 e. The Balaban J connectivity index is 1.99. The fourth-order valence-electron chi connectivity index (χ4n) is 4.61. The normalized spacial score (nSPS) is 20.5. The van der Waals surface area contributed by atoms with Crippen molar-refractivity contribution in [3.63, 3.8) is 0 Å². The van der Waals surface area contributed by atoms with Crippen LogP contribution in [0.25, 0.3) is 16.5 Å². The predicted molar refractivity (Wildman–Crippen MR) is 107 cm³/mol. The second-order valence-corrected chi connectivity index (χ2v) is 9.51. The molecule has 0 unspecified atom stereocenters. The molecular weight excluding hydrogens is 346 g/mol. The Hall–Kier alpha value is -1.63. The molecule has 26 heavy (non-hydrogen) atoms. The topological polar surface area (TPSA) is 45.6 Å². The van der Waals surface area contributed by atoms with E-state index in [4.69, 9.17) is 0 Å². The summed E-state index contributed by atoms with van der Waals surface area (Å²) >= 11 is 0. The van der Waals surface area contributed by atoms with Crippen molar-refractivity contribution in [1.29, 1.82) is 0 Å². The van der Waals surface area contributed by atoms with Gasteiger partial charge in [-0.15, -0.1) is 0 Å². The first-order valence-electron chi connectivity index (χ1n) is 9.38. The van der Waals surface area contributed by atoms with E-state index in [2.05, 4.69) is 24.0 Å². The van der Waals surface area contributed by atoms with E-state index in [0.29, 0.717) is 6.04 Å². The molecule has 2 aliphatic rings. The highest BCUT2D eigenvalue weighted by Gasteiger charge is 2.36. The summed E-state index contributed by atoms with van der Waals surface area (Å²) in [7, 11) is -0.367. The summed E-state index contributed by atoms with van der Waals surface area (Å²) in [5.41, 5.74) is 5.43. The zero-order valence-electron chi connectivity index (χ0n) is 16.0. The molecule has 1 aliphatic heterocycles. The summed E-state index contributed by atoms with van der Waals surface area (Å²) in [6.07, 6.45) is 5.45. The van der Waals surface area contributed by atoms with Gasteiger partial charge in [-0.05, 0) is 55.5 Å².